The van der Waals surface area contributed by atoms with Gasteiger partial charge in [0.2, 0.25) is 0 Å². The first kappa shape index (κ1) is 17.6. The van der Waals surface area contributed by atoms with E-state index in [-0.39, 0.29) is 5.56 Å². The Balaban J connectivity index is 1.65. The fraction of sp³-hybridized carbons (Fsp3) is 0.381. The molecular weight excluding hydrogens is 313 g/mol. The summed E-state index contributed by atoms with van der Waals surface area (Å²) in [6.45, 7) is 6.74. The Bertz CT molecular complexity index is 739. The van der Waals surface area contributed by atoms with E-state index in [1.807, 2.05) is 18.2 Å². The molecule has 0 saturated carbocycles. The van der Waals surface area contributed by atoms with Crippen molar-refractivity contribution in [3.63, 3.8) is 0 Å². The third kappa shape index (κ3) is 4.45. The molecule has 25 heavy (non-hydrogen) atoms. The first-order valence-electron chi connectivity index (χ1n) is 8.85. The van der Waals surface area contributed by atoms with E-state index in [1.54, 1.807) is 6.07 Å². The molecule has 0 amide bonds. The Kier molecular flexibility index (Phi) is 5.80. The Labute approximate surface area is 149 Å². The molecule has 4 heteroatoms. The summed E-state index contributed by atoms with van der Waals surface area (Å²) >= 11 is 0. The molecule has 1 aliphatic heterocycles. The minimum Gasteiger partial charge on any atom is -0.298 e. The lowest BCUT2D eigenvalue weighted by atomic mass is 10.1. The maximum atomic E-state index is 13.8. The number of halogens is 1. The van der Waals surface area contributed by atoms with Crippen molar-refractivity contribution >= 4 is 0 Å². The summed E-state index contributed by atoms with van der Waals surface area (Å²) in [6, 6.07) is 18.0. The average molecular weight is 337 g/mol. The lowest BCUT2D eigenvalue weighted by molar-refractivity contribution is 0.205. The van der Waals surface area contributed by atoms with Crippen molar-refractivity contribution in [1.29, 1.82) is 5.26 Å². The number of rotatable bonds is 4. The van der Waals surface area contributed by atoms with E-state index in [9.17, 15) is 9.65 Å². The predicted octanol–water partition coefficient (Wildman–Crippen LogP) is 3.79. The van der Waals surface area contributed by atoms with Crippen LogP contribution in [0.2, 0.25) is 0 Å². The van der Waals surface area contributed by atoms with Crippen molar-refractivity contribution in [3.05, 3.63) is 71.0 Å². The van der Waals surface area contributed by atoms with Gasteiger partial charge in [0.1, 0.15) is 11.9 Å². The number of nitriles is 1. The SMILES string of the molecule is CC1CCN(Cc2cccc(F)c2C#N)CCN1Cc1ccccc1. The van der Waals surface area contributed by atoms with E-state index in [0.717, 1.165) is 38.2 Å². The van der Waals surface area contributed by atoms with Crippen LogP contribution in [0.15, 0.2) is 48.5 Å². The molecule has 3 nitrogen and oxygen atoms in total. The van der Waals surface area contributed by atoms with E-state index in [2.05, 4.69) is 41.0 Å². The maximum Gasteiger partial charge on any atom is 0.141 e. The third-order valence-electron chi connectivity index (χ3n) is 5.02. The monoisotopic (exact) mass is 337 g/mol. The van der Waals surface area contributed by atoms with Gasteiger partial charge in [-0.05, 0) is 30.5 Å². The molecule has 1 aliphatic rings. The molecule has 0 spiro atoms. The summed E-state index contributed by atoms with van der Waals surface area (Å²) in [7, 11) is 0. The molecule has 2 aromatic rings. The van der Waals surface area contributed by atoms with Crippen LogP contribution < -0.4 is 0 Å². The van der Waals surface area contributed by atoms with Crippen LogP contribution in [0.4, 0.5) is 4.39 Å². The fourth-order valence-corrected chi connectivity index (χ4v) is 3.43. The van der Waals surface area contributed by atoms with Crippen LogP contribution in [0.5, 0.6) is 0 Å². The molecule has 0 radical (unpaired) electrons. The van der Waals surface area contributed by atoms with Crippen LogP contribution in [0.1, 0.15) is 30.0 Å². The van der Waals surface area contributed by atoms with Crippen LogP contribution in [0.25, 0.3) is 0 Å². The van der Waals surface area contributed by atoms with Crippen LogP contribution in [-0.4, -0.2) is 35.5 Å². The van der Waals surface area contributed by atoms with Crippen molar-refractivity contribution in [2.45, 2.75) is 32.5 Å². The lowest BCUT2D eigenvalue weighted by Gasteiger charge is -2.26. The summed E-state index contributed by atoms with van der Waals surface area (Å²) in [6.07, 6.45) is 1.07. The highest BCUT2D eigenvalue weighted by atomic mass is 19.1. The first-order valence-corrected chi connectivity index (χ1v) is 8.85. The zero-order chi connectivity index (χ0) is 17.6. The molecule has 1 fully saturated rings. The van der Waals surface area contributed by atoms with E-state index in [0.29, 0.717) is 12.6 Å². The summed E-state index contributed by atoms with van der Waals surface area (Å²) in [4.78, 5) is 4.84. The minimum atomic E-state index is -0.422. The molecule has 2 aromatic carbocycles. The van der Waals surface area contributed by atoms with Crippen molar-refractivity contribution in [2.24, 2.45) is 0 Å². The van der Waals surface area contributed by atoms with E-state index in [1.165, 1.54) is 11.6 Å². The Morgan fingerprint density at radius 2 is 1.84 bits per heavy atom. The van der Waals surface area contributed by atoms with Crippen LogP contribution in [-0.2, 0) is 13.1 Å². The Hall–Kier alpha value is -2.22. The average Bonchev–Trinajstić information content (AvgIpc) is 2.79. The molecule has 130 valence electrons. The predicted molar refractivity (Wildman–Crippen MR) is 97.3 cm³/mol. The van der Waals surface area contributed by atoms with Gasteiger partial charge in [0, 0.05) is 38.8 Å². The van der Waals surface area contributed by atoms with Gasteiger partial charge in [0.25, 0.3) is 0 Å². The molecule has 1 unspecified atom stereocenters. The van der Waals surface area contributed by atoms with E-state index >= 15 is 0 Å². The zero-order valence-electron chi connectivity index (χ0n) is 14.7. The molecule has 0 aliphatic carbocycles. The highest BCUT2D eigenvalue weighted by Gasteiger charge is 2.22. The van der Waals surface area contributed by atoms with E-state index < -0.39 is 5.82 Å². The zero-order valence-corrected chi connectivity index (χ0v) is 14.7. The van der Waals surface area contributed by atoms with Gasteiger partial charge >= 0.3 is 0 Å². The van der Waals surface area contributed by atoms with Crippen LogP contribution in [0, 0.1) is 17.1 Å². The largest absolute Gasteiger partial charge is 0.298 e. The second-order valence-electron chi connectivity index (χ2n) is 6.76. The quantitative estimate of drug-likeness (QED) is 0.850. The van der Waals surface area contributed by atoms with Crippen molar-refractivity contribution in [1.82, 2.24) is 9.80 Å². The maximum absolute atomic E-state index is 13.8. The number of nitrogens with zero attached hydrogens (tertiary/aromatic N) is 3. The topological polar surface area (TPSA) is 30.3 Å². The first-order chi connectivity index (χ1) is 12.2. The highest BCUT2D eigenvalue weighted by molar-refractivity contribution is 5.38. The van der Waals surface area contributed by atoms with Crippen molar-refractivity contribution in [2.75, 3.05) is 19.6 Å². The number of hydrogen-bond donors (Lipinski definition) is 0. The normalized spacial score (nSPS) is 19.3. The van der Waals surface area contributed by atoms with Gasteiger partial charge in [-0.25, -0.2) is 4.39 Å². The van der Waals surface area contributed by atoms with Gasteiger partial charge in [0.15, 0.2) is 0 Å². The second-order valence-corrected chi connectivity index (χ2v) is 6.76. The molecule has 0 aromatic heterocycles. The summed E-state index contributed by atoms with van der Waals surface area (Å²) < 4.78 is 13.8. The van der Waals surface area contributed by atoms with E-state index in [4.69, 9.17) is 0 Å². The summed E-state index contributed by atoms with van der Waals surface area (Å²) in [5.74, 6) is -0.422. The fourth-order valence-electron chi connectivity index (χ4n) is 3.43. The third-order valence-corrected chi connectivity index (χ3v) is 5.02. The second kappa shape index (κ2) is 8.24. The molecule has 1 atom stereocenters. The number of hydrogen-bond acceptors (Lipinski definition) is 3. The van der Waals surface area contributed by atoms with Gasteiger partial charge in [-0.2, -0.15) is 5.26 Å². The molecule has 0 N–H and O–H groups in total. The lowest BCUT2D eigenvalue weighted by Crippen LogP contribution is -2.34. The van der Waals surface area contributed by atoms with Crippen molar-refractivity contribution < 1.29 is 4.39 Å². The van der Waals surface area contributed by atoms with Gasteiger partial charge < -0.3 is 0 Å². The van der Waals surface area contributed by atoms with Crippen LogP contribution in [0.3, 0.4) is 0 Å². The molecule has 1 heterocycles. The van der Waals surface area contributed by atoms with Gasteiger partial charge in [-0.3, -0.25) is 9.80 Å². The van der Waals surface area contributed by atoms with Crippen molar-refractivity contribution in [3.8, 4) is 6.07 Å². The molecule has 0 bridgehead atoms. The molecular formula is C21H24FN3. The molecule has 1 saturated heterocycles. The Morgan fingerprint density at radius 3 is 2.60 bits per heavy atom. The van der Waals surface area contributed by atoms with Gasteiger partial charge in [-0.15, -0.1) is 0 Å². The Morgan fingerprint density at radius 1 is 1.04 bits per heavy atom. The highest BCUT2D eigenvalue weighted by Crippen LogP contribution is 2.19. The minimum absolute atomic E-state index is 0.181. The standard InChI is InChI=1S/C21H24FN3/c1-17-10-11-24(16-19-8-5-9-21(22)20(19)14-23)12-13-25(17)15-18-6-3-2-4-7-18/h2-9,17H,10-13,15-16H2,1H3. The van der Waals surface area contributed by atoms with Gasteiger partial charge in [-0.1, -0.05) is 42.5 Å². The summed E-state index contributed by atoms with van der Waals surface area (Å²) in [5.41, 5.74) is 2.30. The molecule has 3 rings (SSSR count). The van der Waals surface area contributed by atoms with Crippen LogP contribution >= 0.6 is 0 Å². The van der Waals surface area contributed by atoms with Gasteiger partial charge in [0.05, 0.1) is 5.56 Å². The number of benzene rings is 2. The summed E-state index contributed by atoms with van der Waals surface area (Å²) in [5, 5.41) is 9.22. The smallest absolute Gasteiger partial charge is 0.141 e.